The molecule has 2 saturated heterocycles. The van der Waals surface area contributed by atoms with Gasteiger partial charge in [-0.05, 0) is 108 Å². The Kier molecular flexibility index (Phi) is 9.18. The Morgan fingerprint density at radius 3 is 2.56 bits per heavy atom. The van der Waals surface area contributed by atoms with Crippen molar-refractivity contribution in [2.75, 3.05) is 26.9 Å². The molecule has 3 saturated carbocycles. The van der Waals surface area contributed by atoms with Crippen LogP contribution in [-0.4, -0.2) is 80.2 Å². The molecule has 55 heavy (non-hydrogen) atoms. The van der Waals surface area contributed by atoms with Crippen LogP contribution in [0.3, 0.4) is 0 Å². The van der Waals surface area contributed by atoms with Crippen LogP contribution in [0, 0.1) is 29.4 Å². The number of fused-ring (bicyclic) bond motifs is 3. The SMILES string of the molecule is C#Cc1c(F)ccc2cc(O)cc(-c3nc(OC)c4c(C5CCC[C@@](C)(O)C5)nc(OC[C@]56CCC[C@H]5N(C5COC7(CCCC7)C5)CCC6)nc4c3F)c12. The van der Waals surface area contributed by atoms with Gasteiger partial charge in [0.1, 0.15) is 22.8 Å². The lowest BCUT2D eigenvalue weighted by Gasteiger charge is -2.48. The first-order valence-corrected chi connectivity index (χ1v) is 20.1. The number of terminal acetylenes is 1. The van der Waals surface area contributed by atoms with Crippen molar-refractivity contribution in [3.8, 4) is 41.2 Å². The number of methoxy groups -OCH3 is 1. The Morgan fingerprint density at radius 1 is 0.982 bits per heavy atom. The predicted octanol–water partition coefficient (Wildman–Crippen LogP) is 8.34. The Balaban J connectivity index is 1.14. The zero-order valence-corrected chi connectivity index (χ0v) is 31.8. The molecule has 2 aromatic heterocycles. The number of likely N-dealkylation sites (tertiary alicyclic amines) is 1. The highest BCUT2D eigenvalue weighted by atomic mass is 19.1. The number of hydrogen-bond acceptors (Lipinski definition) is 9. The lowest BCUT2D eigenvalue weighted by Crippen LogP contribution is -2.55. The predicted molar refractivity (Wildman–Crippen MR) is 205 cm³/mol. The Bertz CT molecular complexity index is 2200. The third kappa shape index (κ3) is 6.29. The summed E-state index contributed by atoms with van der Waals surface area (Å²) >= 11 is 0. The molecule has 0 amide bonds. The molecule has 11 heteroatoms. The maximum absolute atomic E-state index is 17.3. The summed E-state index contributed by atoms with van der Waals surface area (Å²) in [5.74, 6) is 0.626. The van der Waals surface area contributed by atoms with Crippen molar-refractivity contribution in [2.24, 2.45) is 5.41 Å². The molecular formula is C44H50F2N4O5. The summed E-state index contributed by atoms with van der Waals surface area (Å²) in [7, 11) is 1.44. The molecular weight excluding hydrogens is 703 g/mol. The first-order valence-electron chi connectivity index (χ1n) is 20.1. The second-order valence-corrected chi connectivity index (χ2v) is 17.3. The van der Waals surface area contributed by atoms with E-state index in [9.17, 15) is 10.2 Å². The molecule has 2 aliphatic heterocycles. The van der Waals surface area contributed by atoms with Gasteiger partial charge in [-0.15, -0.1) is 6.42 Å². The van der Waals surface area contributed by atoms with Gasteiger partial charge in [-0.2, -0.15) is 9.97 Å². The van der Waals surface area contributed by atoms with Crippen molar-refractivity contribution in [1.82, 2.24) is 19.9 Å². The van der Waals surface area contributed by atoms with E-state index in [0.29, 0.717) is 48.0 Å². The summed E-state index contributed by atoms with van der Waals surface area (Å²) in [6.45, 7) is 4.07. The smallest absolute Gasteiger partial charge is 0.317 e. The number of halogens is 2. The third-order valence-corrected chi connectivity index (χ3v) is 13.8. The number of ether oxygens (including phenoxy) is 3. The Morgan fingerprint density at radius 2 is 1.78 bits per heavy atom. The number of aromatic nitrogens is 3. The monoisotopic (exact) mass is 752 g/mol. The number of rotatable bonds is 7. The molecule has 5 aliphatic rings. The van der Waals surface area contributed by atoms with E-state index in [4.69, 9.17) is 30.6 Å². The van der Waals surface area contributed by atoms with Crippen LogP contribution < -0.4 is 9.47 Å². The molecule has 2 unspecified atom stereocenters. The van der Waals surface area contributed by atoms with Gasteiger partial charge < -0.3 is 24.4 Å². The summed E-state index contributed by atoms with van der Waals surface area (Å²) in [6.07, 6.45) is 19.6. The fourth-order valence-corrected chi connectivity index (χ4v) is 11.3. The largest absolute Gasteiger partial charge is 0.508 e. The summed E-state index contributed by atoms with van der Waals surface area (Å²) in [6, 6.07) is 6.32. The molecule has 4 aromatic rings. The number of phenols is 1. The highest BCUT2D eigenvalue weighted by Crippen LogP contribution is 2.52. The molecule has 9 nitrogen and oxygen atoms in total. The van der Waals surface area contributed by atoms with Crippen LogP contribution in [0.4, 0.5) is 8.78 Å². The number of phenolic OH excluding ortho intramolecular Hbond substituents is 1. The first kappa shape index (κ1) is 36.5. The van der Waals surface area contributed by atoms with Gasteiger partial charge in [0.05, 0.1) is 48.2 Å². The molecule has 290 valence electrons. The van der Waals surface area contributed by atoms with Crippen LogP contribution in [0.2, 0.25) is 0 Å². The minimum Gasteiger partial charge on any atom is -0.508 e. The number of nitrogens with zero attached hydrogens (tertiary/aromatic N) is 4. The van der Waals surface area contributed by atoms with Gasteiger partial charge in [0.2, 0.25) is 5.88 Å². The molecule has 4 heterocycles. The second kappa shape index (κ2) is 13.8. The van der Waals surface area contributed by atoms with Gasteiger partial charge in [0, 0.05) is 34.4 Å². The average Bonchev–Trinajstić information content (AvgIpc) is 3.94. The van der Waals surface area contributed by atoms with Gasteiger partial charge in [-0.25, -0.2) is 13.8 Å². The van der Waals surface area contributed by atoms with Gasteiger partial charge in [-0.1, -0.05) is 31.2 Å². The number of pyridine rings is 1. The summed E-state index contributed by atoms with van der Waals surface area (Å²) in [4.78, 5) is 17.1. The number of aromatic hydroxyl groups is 1. The molecule has 5 atom stereocenters. The van der Waals surface area contributed by atoms with Crippen LogP contribution in [0.15, 0.2) is 24.3 Å². The van der Waals surface area contributed by atoms with E-state index in [1.54, 1.807) is 0 Å². The zero-order chi connectivity index (χ0) is 38.1. The fourth-order valence-electron chi connectivity index (χ4n) is 11.3. The maximum Gasteiger partial charge on any atom is 0.317 e. The average molecular weight is 753 g/mol. The minimum absolute atomic E-state index is 0.0547. The van der Waals surface area contributed by atoms with E-state index in [-0.39, 0.29) is 62.3 Å². The number of hydrogen-bond donors (Lipinski definition) is 2. The van der Waals surface area contributed by atoms with Crippen LogP contribution in [0.25, 0.3) is 32.9 Å². The van der Waals surface area contributed by atoms with Gasteiger partial charge in [0.25, 0.3) is 0 Å². The van der Waals surface area contributed by atoms with E-state index in [2.05, 4.69) is 15.8 Å². The fraction of sp³-hybridized carbons (Fsp3) is 0.568. The molecule has 1 spiro atoms. The molecule has 3 aliphatic carbocycles. The summed E-state index contributed by atoms with van der Waals surface area (Å²) in [5, 5.41) is 22.9. The highest BCUT2D eigenvalue weighted by molar-refractivity contribution is 6.03. The van der Waals surface area contributed by atoms with Crippen molar-refractivity contribution in [3.63, 3.8) is 0 Å². The number of benzene rings is 2. The Hall–Kier alpha value is -4.11. The van der Waals surface area contributed by atoms with Crippen molar-refractivity contribution in [1.29, 1.82) is 0 Å². The first-order chi connectivity index (χ1) is 26.5. The molecule has 9 rings (SSSR count). The lowest BCUT2D eigenvalue weighted by atomic mass is 9.74. The quantitative estimate of drug-likeness (QED) is 0.180. The Labute approximate surface area is 320 Å². The van der Waals surface area contributed by atoms with Crippen LogP contribution in [0.5, 0.6) is 17.6 Å². The van der Waals surface area contributed by atoms with E-state index in [1.165, 1.54) is 44.2 Å². The summed E-state index contributed by atoms with van der Waals surface area (Å²) in [5.41, 5.74) is -0.674. The maximum atomic E-state index is 17.3. The van der Waals surface area contributed by atoms with Crippen LogP contribution in [-0.2, 0) is 4.74 Å². The van der Waals surface area contributed by atoms with E-state index in [1.807, 2.05) is 6.92 Å². The zero-order valence-electron chi connectivity index (χ0n) is 31.8. The van der Waals surface area contributed by atoms with Crippen molar-refractivity contribution < 1.29 is 33.2 Å². The van der Waals surface area contributed by atoms with Crippen molar-refractivity contribution >= 4 is 21.7 Å². The van der Waals surface area contributed by atoms with E-state index < -0.39 is 17.2 Å². The highest BCUT2D eigenvalue weighted by Gasteiger charge is 2.53. The van der Waals surface area contributed by atoms with E-state index in [0.717, 1.165) is 77.4 Å². The topological polar surface area (TPSA) is 110 Å². The standard InChI is InChI=1S/C44H50F2N4O5/c1-4-30-32(45)13-12-26-20-29(51)21-31(34(26)30)38-36(46)39-35(40(47-38)53-3)37(27-10-7-14-42(2,52)22-27)48-41(49-39)54-25-43-15-8-11-33(43)50(19-9-16-43)28-23-44(55-24-28)17-5-6-18-44/h1,12-13,20-21,27-28,33,51-52H,5-11,14-19,22-25H2,2-3H3/t27?,28?,33-,42-,43-/m1/s1. The lowest BCUT2D eigenvalue weighted by molar-refractivity contribution is -0.0268. The van der Waals surface area contributed by atoms with Crippen molar-refractivity contribution in [3.05, 3.63) is 47.2 Å². The number of piperidine rings is 1. The molecule has 0 bridgehead atoms. The second-order valence-electron chi connectivity index (χ2n) is 17.3. The normalized spacial score (nSPS) is 29.2. The van der Waals surface area contributed by atoms with Crippen LogP contribution in [0.1, 0.15) is 114 Å². The molecule has 2 aromatic carbocycles. The van der Waals surface area contributed by atoms with Crippen LogP contribution >= 0.6 is 0 Å². The van der Waals surface area contributed by atoms with E-state index >= 15 is 8.78 Å². The summed E-state index contributed by atoms with van der Waals surface area (Å²) < 4.78 is 51.5. The minimum atomic E-state index is -0.931. The molecule has 0 radical (unpaired) electrons. The number of aliphatic hydroxyl groups is 1. The third-order valence-electron chi connectivity index (χ3n) is 13.8. The van der Waals surface area contributed by atoms with Gasteiger partial charge in [-0.3, -0.25) is 4.90 Å². The molecule has 5 fully saturated rings. The van der Waals surface area contributed by atoms with Crippen molar-refractivity contribution in [2.45, 2.75) is 126 Å². The van der Waals surface area contributed by atoms with Gasteiger partial charge >= 0.3 is 6.01 Å². The molecule has 2 N–H and O–H groups in total. The van der Waals surface area contributed by atoms with Gasteiger partial charge in [0.15, 0.2) is 5.82 Å².